The number of nitrogens with one attached hydrogen (secondary N) is 1. The Hall–Kier alpha value is -0.440. The summed E-state index contributed by atoms with van der Waals surface area (Å²) in [7, 11) is 0. The maximum atomic E-state index is 11.8. The Balaban J connectivity index is 2.17. The van der Waals surface area contributed by atoms with E-state index < -0.39 is 4.33 Å². The number of rotatable bonds is 2. The van der Waals surface area contributed by atoms with Crippen molar-refractivity contribution in [2.75, 3.05) is 5.32 Å². The molecule has 0 unspecified atom stereocenters. The van der Waals surface area contributed by atoms with Crippen molar-refractivity contribution in [3.05, 3.63) is 28.3 Å². The second kappa shape index (κ2) is 4.34. The maximum absolute atomic E-state index is 11.8. The predicted molar refractivity (Wildman–Crippen MR) is 72.1 cm³/mol. The number of carbonyl (C=O) groups is 1. The fourth-order valence-electron chi connectivity index (χ4n) is 1.78. The number of anilines is 1. The first-order valence-electron chi connectivity index (χ1n) is 5.26. The highest BCUT2D eigenvalue weighted by Crippen LogP contribution is 2.53. The molecule has 0 heterocycles. The third kappa shape index (κ3) is 2.70. The van der Waals surface area contributed by atoms with Gasteiger partial charge in [0.15, 0.2) is 0 Å². The van der Waals surface area contributed by atoms with Crippen molar-refractivity contribution in [2.45, 2.75) is 24.6 Å². The van der Waals surface area contributed by atoms with Crippen LogP contribution in [0.4, 0.5) is 5.69 Å². The van der Waals surface area contributed by atoms with Crippen LogP contribution in [0.15, 0.2) is 12.1 Å². The highest BCUT2D eigenvalue weighted by molar-refractivity contribution is 6.52. The van der Waals surface area contributed by atoms with Crippen molar-refractivity contribution < 1.29 is 4.79 Å². The molecule has 92 valence electrons. The van der Waals surface area contributed by atoms with Gasteiger partial charge < -0.3 is 5.32 Å². The molecule has 0 aromatic heterocycles. The highest BCUT2D eigenvalue weighted by Gasteiger charge is 2.56. The Morgan fingerprint density at radius 1 is 1.41 bits per heavy atom. The van der Waals surface area contributed by atoms with E-state index >= 15 is 0 Å². The molecule has 1 aromatic rings. The van der Waals surface area contributed by atoms with Crippen LogP contribution >= 0.6 is 34.8 Å². The predicted octanol–water partition coefficient (Wildman–Crippen LogP) is 4.09. The average molecular weight is 293 g/mol. The zero-order chi connectivity index (χ0) is 12.8. The van der Waals surface area contributed by atoms with Gasteiger partial charge in [0.2, 0.25) is 5.91 Å². The van der Waals surface area contributed by atoms with Crippen LogP contribution in [-0.4, -0.2) is 10.2 Å². The number of hydrogen-bond acceptors (Lipinski definition) is 1. The monoisotopic (exact) mass is 291 g/mol. The zero-order valence-electron chi connectivity index (χ0n) is 9.48. The standard InChI is InChI=1S/C12H12Cl3NO/c1-6-3-7(2)10(9(13)4-6)16-11(17)8-5-12(8,14)15/h3-4,8H,5H2,1-2H3,(H,16,17)/t8-/m1/s1. The quantitative estimate of drug-likeness (QED) is 0.817. The van der Waals surface area contributed by atoms with E-state index in [-0.39, 0.29) is 11.8 Å². The van der Waals surface area contributed by atoms with E-state index in [0.29, 0.717) is 17.1 Å². The average Bonchev–Trinajstić information content (AvgIpc) is 2.81. The van der Waals surface area contributed by atoms with E-state index in [1.165, 1.54) is 0 Å². The van der Waals surface area contributed by atoms with Gasteiger partial charge in [-0.2, -0.15) is 0 Å². The number of amides is 1. The molecule has 17 heavy (non-hydrogen) atoms. The Kier molecular flexibility index (Phi) is 3.32. The minimum Gasteiger partial charge on any atom is -0.324 e. The van der Waals surface area contributed by atoms with E-state index in [1.54, 1.807) is 0 Å². The summed E-state index contributed by atoms with van der Waals surface area (Å²) in [5.74, 6) is -0.522. The molecule has 1 N–H and O–H groups in total. The summed E-state index contributed by atoms with van der Waals surface area (Å²) in [4.78, 5) is 11.8. The van der Waals surface area contributed by atoms with Gasteiger partial charge in [-0.15, -0.1) is 23.2 Å². The lowest BCUT2D eigenvalue weighted by Crippen LogP contribution is -2.17. The summed E-state index contributed by atoms with van der Waals surface area (Å²) in [5, 5.41) is 3.32. The van der Waals surface area contributed by atoms with Crippen LogP contribution in [0.5, 0.6) is 0 Å². The molecule has 0 aliphatic heterocycles. The molecule has 0 bridgehead atoms. The van der Waals surface area contributed by atoms with Crippen LogP contribution in [0.3, 0.4) is 0 Å². The number of halogens is 3. The summed E-state index contributed by atoms with van der Waals surface area (Å²) in [5.41, 5.74) is 2.62. The van der Waals surface area contributed by atoms with Crippen molar-refractivity contribution in [2.24, 2.45) is 5.92 Å². The molecule has 1 fully saturated rings. The topological polar surface area (TPSA) is 29.1 Å². The molecule has 2 nitrogen and oxygen atoms in total. The first kappa shape index (κ1) is 13.0. The lowest BCUT2D eigenvalue weighted by Gasteiger charge is -2.11. The molecule has 1 atom stereocenters. The van der Waals surface area contributed by atoms with E-state index in [0.717, 1.165) is 11.1 Å². The zero-order valence-corrected chi connectivity index (χ0v) is 11.7. The normalized spacial score (nSPS) is 21.1. The van der Waals surface area contributed by atoms with Crippen LogP contribution in [0.2, 0.25) is 5.02 Å². The van der Waals surface area contributed by atoms with Gasteiger partial charge in [0, 0.05) is 0 Å². The van der Waals surface area contributed by atoms with Crippen LogP contribution in [0.25, 0.3) is 0 Å². The van der Waals surface area contributed by atoms with E-state index in [1.807, 2.05) is 26.0 Å². The minimum atomic E-state index is -0.908. The third-order valence-corrected chi connectivity index (χ3v) is 3.96. The molecule has 1 aliphatic rings. The number of carbonyl (C=O) groups excluding carboxylic acids is 1. The van der Waals surface area contributed by atoms with Crippen LogP contribution < -0.4 is 5.32 Å². The number of aryl methyl sites for hydroxylation is 2. The van der Waals surface area contributed by atoms with E-state index in [2.05, 4.69) is 5.32 Å². The van der Waals surface area contributed by atoms with Crippen molar-refractivity contribution in [1.29, 1.82) is 0 Å². The number of benzene rings is 1. The molecule has 0 radical (unpaired) electrons. The molecule has 1 amide bonds. The van der Waals surface area contributed by atoms with Crippen LogP contribution in [0.1, 0.15) is 17.5 Å². The third-order valence-electron chi connectivity index (χ3n) is 2.82. The Bertz CT molecular complexity index is 462. The first-order chi connectivity index (χ1) is 7.81. The summed E-state index contributed by atoms with van der Waals surface area (Å²) >= 11 is 17.8. The molecule has 1 saturated carbocycles. The summed E-state index contributed by atoms with van der Waals surface area (Å²) in [6.07, 6.45) is 0.491. The smallest absolute Gasteiger partial charge is 0.230 e. The van der Waals surface area contributed by atoms with Gasteiger partial charge in [-0.3, -0.25) is 4.79 Å². The molecular weight excluding hydrogens is 280 g/mol. The Morgan fingerprint density at radius 2 is 2.00 bits per heavy atom. The SMILES string of the molecule is Cc1cc(C)c(NC(=O)[C@H]2CC2(Cl)Cl)c(Cl)c1. The Labute approximate surface area is 115 Å². The molecule has 0 saturated heterocycles. The molecule has 1 aliphatic carbocycles. The first-order valence-corrected chi connectivity index (χ1v) is 6.40. The molecule has 0 spiro atoms. The molecule has 1 aromatic carbocycles. The van der Waals surface area contributed by atoms with E-state index in [9.17, 15) is 4.79 Å². The van der Waals surface area contributed by atoms with Crippen LogP contribution in [-0.2, 0) is 4.79 Å². The van der Waals surface area contributed by atoms with Gasteiger partial charge in [-0.05, 0) is 37.5 Å². The summed E-state index contributed by atoms with van der Waals surface area (Å²) < 4.78 is -0.908. The lowest BCUT2D eigenvalue weighted by atomic mass is 10.1. The molecular formula is C12H12Cl3NO. The van der Waals surface area contributed by atoms with Crippen LogP contribution in [0, 0.1) is 19.8 Å². The fraction of sp³-hybridized carbons (Fsp3) is 0.417. The Morgan fingerprint density at radius 3 is 2.47 bits per heavy atom. The van der Waals surface area contributed by atoms with Gasteiger partial charge in [-0.25, -0.2) is 0 Å². The summed E-state index contributed by atoms with van der Waals surface area (Å²) in [6, 6.07) is 3.77. The second-order valence-electron chi connectivity index (χ2n) is 4.45. The van der Waals surface area contributed by atoms with Gasteiger partial charge in [0.05, 0.1) is 16.6 Å². The summed E-state index contributed by atoms with van der Waals surface area (Å²) in [6.45, 7) is 3.85. The van der Waals surface area contributed by atoms with Crippen molar-refractivity contribution in [1.82, 2.24) is 0 Å². The van der Waals surface area contributed by atoms with E-state index in [4.69, 9.17) is 34.8 Å². The highest BCUT2D eigenvalue weighted by atomic mass is 35.5. The van der Waals surface area contributed by atoms with Crippen molar-refractivity contribution in [3.8, 4) is 0 Å². The molecule has 2 rings (SSSR count). The molecule has 5 heteroatoms. The van der Waals surface area contributed by atoms with Gasteiger partial charge in [0.25, 0.3) is 0 Å². The second-order valence-corrected chi connectivity index (χ2v) is 6.40. The minimum absolute atomic E-state index is 0.177. The lowest BCUT2D eigenvalue weighted by molar-refractivity contribution is -0.117. The maximum Gasteiger partial charge on any atom is 0.230 e. The van der Waals surface area contributed by atoms with Gasteiger partial charge >= 0.3 is 0 Å². The number of alkyl halides is 2. The number of hydrogen-bond donors (Lipinski definition) is 1. The van der Waals surface area contributed by atoms with Gasteiger partial charge in [-0.1, -0.05) is 17.7 Å². The van der Waals surface area contributed by atoms with Crippen molar-refractivity contribution >= 4 is 46.4 Å². The van der Waals surface area contributed by atoms with Crippen molar-refractivity contribution in [3.63, 3.8) is 0 Å². The van der Waals surface area contributed by atoms with Gasteiger partial charge in [0.1, 0.15) is 4.33 Å². The fourth-order valence-corrected chi connectivity index (χ4v) is 2.66. The largest absolute Gasteiger partial charge is 0.324 e.